The standard InChI is InChI=1S/C19H14ClF3N2O2S2/c1-28-17-11(9-24)14(10-5-2-3-6-12(10)20)15(16(26)13-7-4-8-29-13)18(27,25-17)19(21,22)23/h2-8,14-15,25,27H,1H3/t14-,15+,18-/m1/s1. The third kappa shape index (κ3) is 3.66. The SMILES string of the molecule is CSC1=C(C#N)[C@@H](c2ccccc2Cl)[C@@H](C(=O)c2cccs2)[C@@](O)(C(F)(F)F)N1. The molecule has 1 aliphatic heterocycles. The number of allylic oxidation sites excluding steroid dienone is 1. The van der Waals surface area contributed by atoms with Gasteiger partial charge < -0.3 is 10.4 Å². The number of hydrogen-bond acceptors (Lipinski definition) is 6. The molecule has 152 valence electrons. The number of rotatable bonds is 4. The third-order valence-electron chi connectivity index (χ3n) is 4.69. The normalized spacial score (nSPS) is 24.7. The van der Waals surface area contributed by atoms with Crippen LogP contribution in [0, 0.1) is 17.2 Å². The lowest BCUT2D eigenvalue weighted by atomic mass is 9.70. The first kappa shape index (κ1) is 21.7. The van der Waals surface area contributed by atoms with Gasteiger partial charge in [-0.2, -0.15) is 18.4 Å². The van der Waals surface area contributed by atoms with E-state index in [1.165, 1.54) is 30.5 Å². The van der Waals surface area contributed by atoms with E-state index in [1.54, 1.807) is 17.5 Å². The van der Waals surface area contributed by atoms with Crippen LogP contribution in [0.2, 0.25) is 5.02 Å². The number of benzene rings is 1. The Morgan fingerprint density at radius 3 is 2.55 bits per heavy atom. The summed E-state index contributed by atoms with van der Waals surface area (Å²) in [7, 11) is 0. The van der Waals surface area contributed by atoms with Crippen molar-refractivity contribution in [3.63, 3.8) is 0 Å². The molecule has 10 heteroatoms. The van der Waals surface area contributed by atoms with Crippen LogP contribution in [0.15, 0.2) is 52.4 Å². The Kier molecular flexibility index (Phi) is 6.01. The molecule has 0 saturated heterocycles. The van der Waals surface area contributed by atoms with Gasteiger partial charge in [-0.05, 0) is 29.3 Å². The smallest absolute Gasteiger partial charge is 0.363 e. The summed E-state index contributed by atoms with van der Waals surface area (Å²) < 4.78 is 42.3. The predicted octanol–water partition coefficient (Wildman–Crippen LogP) is 4.94. The number of thioether (sulfide) groups is 1. The number of aliphatic hydroxyl groups is 1. The van der Waals surface area contributed by atoms with Crippen LogP contribution in [0.5, 0.6) is 0 Å². The summed E-state index contributed by atoms with van der Waals surface area (Å²) in [6, 6.07) is 10.9. The van der Waals surface area contributed by atoms with E-state index >= 15 is 0 Å². The molecule has 0 radical (unpaired) electrons. The van der Waals surface area contributed by atoms with Gasteiger partial charge in [0.1, 0.15) is 0 Å². The molecule has 0 unspecified atom stereocenters. The van der Waals surface area contributed by atoms with Crippen molar-refractivity contribution < 1.29 is 23.1 Å². The Morgan fingerprint density at radius 2 is 2.03 bits per heavy atom. The van der Waals surface area contributed by atoms with Crippen molar-refractivity contribution in [1.29, 1.82) is 5.26 Å². The van der Waals surface area contributed by atoms with E-state index < -0.39 is 29.5 Å². The van der Waals surface area contributed by atoms with E-state index in [0.717, 1.165) is 23.1 Å². The maximum absolute atomic E-state index is 14.1. The second kappa shape index (κ2) is 8.03. The number of carbonyl (C=O) groups is 1. The van der Waals surface area contributed by atoms with Gasteiger partial charge in [0, 0.05) is 10.9 Å². The van der Waals surface area contributed by atoms with Crippen molar-refractivity contribution in [2.45, 2.75) is 17.8 Å². The third-order valence-corrected chi connectivity index (χ3v) is 6.65. The van der Waals surface area contributed by atoms with Crippen LogP contribution in [0.3, 0.4) is 0 Å². The maximum atomic E-state index is 14.1. The number of ketones is 1. The number of carbonyl (C=O) groups excluding carboxylic acids is 1. The molecule has 2 aromatic rings. The van der Waals surface area contributed by atoms with Gasteiger partial charge in [-0.3, -0.25) is 4.79 Å². The number of nitriles is 1. The van der Waals surface area contributed by atoms with Crippen LogP contribution >= 0.6 is 34.7 Å². The first-order valence-corrected chi connectivity index (χ1v) is 10.7. The number of alkyl halides is 3. The summed E-state index contributed by atoms with van der Waals surface area (Å²) in [5, 5.41) is 24.1. The quantitative estimate of drug-likeness (QED) is 0.635. The van der Waals surface area contributed by atoms with Crippen LogP contribution in [0.4, 0.5) is 13.2 Å². The highest BCUT2D eigenvalue weighted by atomic mass is 35.5. The van der Waals surface area contributed by atoms with E-state index in [9.17, 15) is 28.3 Å². The highest BCUT2D eigenvalue weighted by molar-refractivity contribution is 8.02. The molecule has 4 nitrogen and oxygen atoms in total. The molecule has 0 amide bonds. The lowest BCUT2D eigenvalue weighted by Gasteiger charge is -2.45. The van der Waals surface area contributed by atoms with Crippen LogP contribution in [-0.2, 0) is 0 Å². The Labute approximate surface area is 178 Å². The van der Waals surface area contributed by atoms with Crippen molar-refractivity contribution in [2.24, 2.45) is 5.92 Å². The van der Waals surface area contributed by atoms with Gasteiger partial charge in [-0.25, -0.2) is 0 Å². The van der Waals surface area contributed by atoms with E-state index in [2.05, 4.69) is 0 Å². The van der Waals surface area contributed by atoms with Gasteiger partial charge in [0.15, 0.2) is 5.78 Å². The van der Waals surface area contributed by atoms with Crippen LogP contribution in [-0.4, -0.2) is 29.0 Å². The second-order valence-electron chi connectivity index (χ2n) is 6.27. The molecule has 1 aliphatic rings. The molecule has 0 spiro atoms. The molecule has 0 bridgehead atoms. The molecule has 0 aliphatic carbocycles. The first-order chi connectivity index (χ1) is 13.7. The summed E-state index contributed by atoms with van der Waals surface area (Å²) in [5.74, 6) is -4.37. The van der Waals surface area contributed by atoms with Crippen molar-refractivity contribution in [3.05, 3.63) is 67.8 Å². The Hall–Kier alpha value is -1.99. The zero-order chi connectivity index (χ0) is 21.4. The van der Waals surface area contributed by atoms with Crippen molar-refractivity contribution in [1.82, 2.24) is 5.32 Å². The number of nitrogens with one attached hydrogen (secondary N) is 1. The highest BCUT2D eigenvalue weighted by Crippen LogP contribution is 2.52. The molecule has 0 fully saturated rings. The van der Waals surface area contributed by atoms with Gasteiger partial charge in [-0.1, -0.05) is 35.9 Å². The zero-order valence-electron chi connectivity index (χ0n) is 14.8. The predicted molar refractivity (Wildman–Crippen MR) is 107 cm³/mol. The van der Waals surface area contributed by atoms with E-state index in [0.29, 0.717) is 0 Å². The van der Waals surface area contributed by atoms with Gasteiger partial charge in [0.2, 0.25) is 5.72 Å². The van der Waals surface area contributed by atoms with Crippen molar-refractivity contribution in [2.75, 3.05) is 6.26 Å². The lowest BCUT2D eigenvalue weighted by Crippen LogP contribution is -2.66. The molecule has 0 saturated carbocycles. The summed E-state index contributed by atoms with van der Waals surface area (Å²) in [4.78, 5) is 13.2. The number of hydrogen-bond donors (Lipinski definition) is 2. The zero-order valence-corrected chi connectivity index (χ0v) is 17.2. The maximum Gasteiger partial charge on any atom is 0.437 e. The van der Waals surface area contributed by atoms with Gasteiger partial charge in [-0.15, -0.1) is 23.1 Å². The van der Waals surface area contributed by atoms with E-state index in [-0.39, 0.29) is 26.1 Å². The second-order valence-corrected chi connectivity index (χ2v) is 8.44. The summed E-state index contributed by atoms with van der Waals surface area (Å²) in [6.07, 6.45) is -3.73. The minimum Gasteiger partial charge on any atom is -0.363 e. The molecular formula is C19H14ClF3N2O2S2. The largest absolute Gasteiger partial charge is 0.437 e. The Balaban J connectivity index is 2.35. The Morgan fingerprint density at radius 1 is 1.34 bits per heavy atom. The Bertz CT molecular complexity index is 1000. The van der Waals surface area contributed by atoms with Gasteiger partial charge in [0.25, 0.3) is 0 Å². The summed E-state index contributed by atoms with van der Waals surface area (Å²) in [6.45, 7) is 0. The van der Waals surface area contributed by atoms with Crippen LogP contribution < -0.4 is 5.32 Å². The minimum atomic E-state index is -5.20. The first-order valence-electron chi connectivity index (χ1n) is 8.23. The fourth-order valence-electron chi connectivity index (χ4n) is 3.37. The fraction of sp³-hybridized carbons (Fsp3) is 0.263. The van der Waals surface area contributed by atoms with Crippen molar-refractivity contribution in [3.8, 4) is 6.07 Å². The van der Waals surface area contributed by atoms with Crippen LogP contribution in [0.1, 0.15) is 21.2 Å². The number of Topliss-reactive ketones (excluding diaryl/α,β-unsaturated/α-hetero) is 1. The van der Waals surface area contributed by atoms with Crippen LogP contribution in [0.25, 0.3) is 0 Å². The number of halogens is 4. The lowest BCUT2D eigenvalue weighted by molar-refractivity contribution is -0.285. The average Bonchev–Trinajstić information content (AvgIpc) is 3.21. The molecule has 2 N–H and O–H groups in total. The number of thiophene rings is 1. The molecule has 3 atom stereocenters. The molecule has 2 heterocycles. The monoisotopic (exact) mass is 458 g/mol. The molecule has 1 aromatic carbocycles. The molecule has 29 heavy (non-hydrogen) atoms. The van der Waals surface area contributed by atoms with E-state index in [1.807, 2.05) is 11.4 Å². The summed E-state index contributed by atoms with van der Waals surface area (Å²) in [5.41, 5.74) is -3.51. The van der Waals surface area contributed by atoms with Crippen molar-refractivity contribution >= 4 is 40.5 Å². The van der Waals surface area contributed by atoms with Gasteiger partial charge >= 0.3 is 6.18 Å². The fourth-order valence-corrected chi connectivity index (χ4v) is 4.98. The highest BCUT2D eigenvalue weighted by Gasteiger charge is 2.66. The molecular weight excluding hydrogens is 445 g/mol. The summed E-state index contributed by atoms with van der Waals surface area (Å²) >= 11 is 8.05. The average molecular weight is 459 g/mol. The topological polar surface area (TPSA) is 73.1 Å². The molecule has 3 rings (SSSR count). The minimum absolute atomic E-state index is 0.0430. The molecule has 1 aromatic heterocycles. The number of nitrogens with zero attached hydrogens (tertiary/aromatic N) is 1. The van der Waals surface area contributed by atoms with E-state index in [4.69, 9.17) is 11.6 Å². The van der Waals surface area contributed by atoms with Gasteiger partial charge in [0.05, 0.1) is 27.5 Å².